The molecule has 1 N–H and O–H groups in total. The predicted molar refractivity (Wildman–Crippen MR) is 107 cm³/mol. The summed E-state index contributed by atoms with van der Waals surface area (Å²) >= 11 is 5.86. The Morgan fingerprint density at radius 3 is 2.71 bits per heavy atom. The molecule has 0 spiro atoms. The standard InChI is InChI=1S/C20H21ClN2O4S/c21-16-4-6-18(7-5-16)28(25,26)23-10-9-14-12-15(3-8-19(14)23)20(24)22-13-17-2-1-11-27-17/h3-8,12,17H,1-2,9-11,13H2,(H,22,24). The summed E-state index contributed by atoms with van der Waals surface area (Å²) in [6, 6.07) is 11.3. The van der Waals surface area contributed by atoms with Crippen LogP contribution >= 0.6 is 11.6 Å². The van der Waals surface area contributed by atoms with E-state index in [1.54, 1.807) is 30.3 Å². The molecule has 6 nitrogen and oxygen atoms in total. The molecule has 4 rings (SSSR count). The number of anilines is 1. The summed E-state index contributed by atoms with van der Waals surface area (Å²) in [6.45, 7) is 1.59. The number of amides is 1. The molecule has 2 aromatic carbocycles. The summed E-state index contributed by atoms with van der Waals surface area (Å²) < 4.78 is 32.8. The van der Waals surface area contributed by atoms with Crippen molar-refractivity contribution in [3.63, 3.8) is 0 Å². The van der Waals surface area contributed by atoms with Crippen molar-refractivity contribution < 1.29 is 17.9 Å². The Hall–Kier alpha value is -2.09. The minimum absolute atomic E-state index is 0.0818. The smallest absolute Gasteiger partial charge is 0.264 e. The molecule has 28 heavy (non-hydrogen) atoms. The molecule has 148 valence electrons. The zero-order chi connectivity index (χ0) is 19.7. The van der Waals surface area contributed by atoms with Gasteiger partial charge < -0.3 is 10.1 Å². The fraction of sp³-hybridized carbons (Fsp3) is 0.350. The number of nitrogens with zero attached hydrogens (tertiary/aromatic N) is 1. The lowest BCUT2D eigenvalue weighted by atomic mass is 10.1. The van der Waals surface area contributed by atoms with Gasteiger partial charge in [0, 0.05) is 30.3 Å². The highest BCUT2D eigenvalue weighted by Gasteiger charge is 2.31. The van der Waals surface area contributed by atoms with Crippen LogP contribution in [0.3, 0.4) is 0 Å². The molecule has 2 aliphatic heterocycles. The van der Waals surface area contributed by atoms with E-state index in [1.165, 1.54) is 16.4 Å². The van der Waals surface area contributed by atoms with Crippen LogP contribution in [-0.4, -0.2) is 40.1 Å². The third kappa shape index (κ3) is 3.74. The molecule has 2 aliphatic rings. The average molecular weight is 421 g/mol. The van der Waals surface area contributed by atoms with Crippen molar-refractivity contribution in [1.29, 1.82) is 0 Å². The first-order valence-electron chi connectivity index (χ1n) is 9.26. The van der Waals surface area contributed by atoms with E-state index in [0.717, 1.165) is 25.0 Å². The maximum absolute atomic E-state index is 13.0. The molecule has 1 amide bonds. The van der Waals surface area contributed by atoms with Gasteiger partial charge in [-0.1, -0.05) is 11.6 Å². The van der Waals surface area contributed by atoms with Crippen LogP contribution in [-0.2, 0) is 21.2 Å². The Morgan fingerprint density at radius 1 is 1.21 bits per heavy atom. The average Bonchev–Trinajstić information content (AvgIpc) is 3.35. The quantitative estimate of drug-likeness (QED) is 0.806. The zero-order valence-corrected chi connectivity index (χ0v) is 16.8. The maximum Gasteiger partial charge on any atom is 0.264 e. The summed E-state index contributed by atoms with van der Waals surface area (Å²) in [5.74, 6) is -0.169. The van der Waals surface area contributed by atoms with Gasteiger partial charge in [-0.05, 0) is 67.3 Å². The molecule has 0 bridgehead atoms. The maximum atomic E-state index is 13.0. The molecule has 0 aromatic heterocycles. The number of benzene rings is 2. The monoisotopic (exact) mass is 420 g/mol. The van der Waals surface area contributed by atoms with Gasteiger partial charge in [0.15, 0.2) is 0 Å². The van der Waals surface area contributed by atoms with Gasteiger partial charge in [0.25, 0.3) is 15.9 Å². The first-order chi connectivity index (χ1) is 13.4. The van der Waals surface area contributed by atoms with Crippen molar-refractivity contribution in [2.24, 2.45) is 0 Å². The van der Waals surface area contributed by atoms with Gasteiger partial charge >= 0.3 is 0 Å². The molecule has 0 aliphatic carbocycles. The number of sulfonamides is 1. The molecule has 2 heterocycles. The number of hydrogen-bond acceptors (Lipinski definition) is 4. The number of fused-ring (bicyclic) bond motifs is 1. The summed E-state index contributed by atoms with van der Waals surface area (Å²) in [5.41, 5.74) is 2.00. The van der Waals surface area contributed by atoms with Crippen molar-refractivity contribution in [3.05, 3.63) is 58.6 Å². The van der Waals surface area contributed by atoms with Crippen molar-refractivity contribution in [2.75, 3.05) is 24.0 Å². The Balaban J connectivity index is 1.51. The normalized spacial score (nSPS) is 18.9. The second kappa shape index (κ2) is 7.73. The van der Waals surface area contributed by atoms with Crippen LogP contribution in [0.25, 0.3) is 0 Å². The first kappa shape index (κ1) is 19.2. The molecular formula is C20H21ClN2O4S. The highest BCUT2D eigenvalue weighted by atomic mass is 35.5. The number of ether oxygens (including phenoxy) is 1. The minimum Gasteiger partial charge on any atom is -0.376 e. The number of hydrogen-bond donors (Lipinski definition) is 1. The third-order valence-electron chi connectivity index (χ3n) is 5.11. The van der Waals surface area contributed by atoms with Crippen LogP contribution in [0.2, 0.25) is 5.02 Å². The molecule has 1 atom stereocenters. The van der Waals surface area contributed by atoms with Crippen LogP contribution in [0.4, 0.5) is 5.69 Å². The molecule has 1 unspecified atom stereocenters. The van der Waals surface area contributed by atoms with Crippen molar-refractivity contribution >= 4 is 33.2 Å². The van der Waals surface area contributed by atoms with Crippen LogP contribution in [0.15, 0.2) is 47.4 Å². The summed E-state index contributed by atoms with van der Waals surface area (Å²) in [4.78, 5) is 12.6. The zero-order valence-electron chi connectivity index (χ0n) is 15.2. The summed E-state index contributed by atoms with van der Waals surface area (Å²) in [5, 5.41) is 3.38. The lowest BCUT2D eigenvalue weighted by Gasteiger charge is -2.20. The second-order valence-corrected chi connectivity index (χ2v) is 9.27. The number of carbonyl (C=O) groups is 1. The van der Waals surface area contributed by atoms with Crippen LogP contribution in [0.5, 0.6) is 0 Å². The molecule has 1 saturated heterocycles. The van der Waals surface area contributed by atoms with Crippen LogP contribution < -0.4 is 9.62 Å². The molecule has 1 fully saturated rings. The van der Waals surface area contributed by atoms with Gasteiger partial charge in [0.2, 0.25) is 0 Å². The molecule has 0 saturated carbocycles. The second-order valence-electron chi connectivity index (χ2n) is 6.97. The van der Waals surface area contributed by atoms with Gasteiger partial charge in [-0.3, -0.25) is 9.10 Å². The van der Waals surface area contributed by atoms with E-state index in [9.17, 15) is 13.2 Å². The molecule has 8 heteroatoms. The van der Waals surface area contributed by atoms with Gasteiger partial charge in [0.1, 0.15) is 0 Å². The number of carbonyl (C=O) groups excluding carboxylic acids is 1. The molecular weight excluding hydrogens is 400 g/mol. The van der Waals surface area contributed by atoms with E-state index in [1.807, 2.05) is 0 Å². The van der Waals surface area contributed by atoms with E-state index >= 15 is 0 Å². The largest absolute Gasteiger partial charge is 0.376 e. The SMILES string of the molecule is O=C(NCC1CCCO1)c1ccc2c(c1)CCN2S(=O)(=O)c1ccc(Cl)cc1. The lowest BCUT2D eigenvalue weighted by molar-refractivity contribution is 0.0857. The van der Waals surface area contributed by atoms with Gasteiger partial charge in [-0.15, -0.1) is 0 Å². The van der Waals surface area contributed by atoms with Crippen molar-refractivity contribution in [1.82, 2.24) is 5.32 Å². The third-order valence-corrected chi connectivity index (χ3v) is 7.19. The molecule has 0 radical (unpaired) electrons. The Bertz CT molecular complexity index is 986. The van der Waals surface area contributed by atoms with E-state index in [0.29, 0.717) is 35.8 Å². The van der Waals surface area contributed by atoms with E-state index in [-0.39, 0.29) is 16.9 Å². The van der Waals surface area contributed by atoms with Crippen LogP contribution in [0, 0.1) is 0 Å². The Labute approximate surface area is 169 Å². The number of nitrogens with one attached hydrogen (secondary N) is 1. The fourth-order valence-electron chi connectivity index (χ4n) is 3.61. The van der Waals surface area contributed by atoms with Crippen LogP contribution in [0.1, 0.15) is 28.8 Å². The topological polar surface area (TPSA) is 75.7 Å². The lowest BCUT2D eigenvalue weighted by Crippen LogP contribution is -2.31. The highest BCUT2D eigenvalue weighted by Crippen LogP contribution is 2.33. The molecule has 2 aromatic rings. The Morgan fingerprint density at radius 2 is 2.00 bits per heavy atom. The number of halogens is 1. The van der Waals surface area contributed by atoms with Gasteiger partial charge in [-0.2, -0.15) is 0 Å². The van der Waals surface area contributed by atoms with Crippen molar-refractivity contribution in [3.8, 4) is 0 Å². The fourth-order valence-corrected chi connectivity index (χ4v) is 5.24. The van der Waals surface area contributed by atoms with Gasteiger partial charge in [-0.25, -0.2) is 8.42 Å². The van der Waals surface area contributed by atoms with E-state index < -0.39 is 10.0 Å². The predicted octanol–water partition coefficient (Wildman–Crippen LogP) is 3.00. The highest BCUT2D eigenvalue weighted by molar-refractivity contribution is 7.92. The first-order valence-corrected chi connectivity index (χ1v) is 11.1. The Kier molecular flexibility index (Phi) is 5.31. The van der Waals surface area contributed by atoms with Gasteiger partial charge in [0.05, 0.1) is 16.7 Å². The summed E-state index contributed by atoms with van der Waals surface area (Å²) in [7, 11) is -3.67. The van der Waals surface area contributed by atoms with E-state index in [4.69, 9.17) is 16.3 Å². The number of rotatable bonds is 5. The van der Waals surface area contributed by atoms with E-state index in [2.05, 4.69) is 5.32 Å². The minimum atomic E-state index is -3.67. The summed E-state index contributed by atoms with van der Waals surface area (Å²) in [6.07, 6.45) is 2.63. The van der Waals surface area contributed by atoms with Crippen molar-refractivity contribution in [2.45, 2.75) is 30.3 Å².